The second kappa shape index (κ2) is 5.93. The molecule has 0 aromatic heterocycles. The lowest BCUT2D eigenvalue weighted by Gasteiger charge is -2.28. The second-order valence-corrected chi connectivity index (χ2v) is 7.07. The minimum absolute atomic E-state index is 0.221. The third-order valence-corrected chi connectivity index (χ3v) is 3.96. The minimum Gasteiger partial charge on any atom is -0.101 e. The van der Waals surface area contributed by atoms with Crippen molar-refractivity contribution in [3.63, 3.8) is 0 Å². The van der Waals surface area contributed by atoms with E-state index in [2.05, 4.69) is 0 Å². The fourth-order valence-electron chi connectivity index (χ4n) is 2.11. The van der Waals surface area contributed by atoms with Gasteiger partial charge in [0, 0.05) is 16.0 Å². The molecule has 0 amide bonds. The molecule has 0 saturated carbocycles. The zero-order chi connectivity index (χ0) is 14.0. The molecule has 19 heavy (non-hydrogen) atoms. The summed E-state index contributed by atoms with van der Waals surface area (Å²) in [7, 11) is 0. The van der Waals surface area contributed by atoms with Crippen LogP contribution in [0.4, 0.5) is 0 Å². The molecule has 0 bridgehead atoms. The largest absolute Gasteiger partial charge is 0.126 e. The maximum atomic E-state index is 6.35. The van der Waals surface area contributed by atoms with Gasteiger partial charge in [0.2, 0.25) is 0 Å². The molecule has 0 nitrogen and oxygen atoms in total. The Labute approximate surface area is 133 Å². The van der Waals surface area contributed by atoms with E-state index in [0.29, 0.717) is 10.0 Å². The van der Waals surface area contributed by atoms with Gasteiger partial charge >= 0.3 is 0 Å². The van der Waals surface area contributed by atoms with Crippen LogP contribution in [0, 0.1) is 0 Å². The highest BCUT2D eigenvalue weighted by Gasteiger charge is 2.33. The molecule has 4 heteroatoms. The summed E-state index contributed by atoms with van der Waals surface area (Å²) in [5, 5.41) is 1.32. The van der Waals surface area contributed by atoms with Crippen LogP contribution in [0.15, 0.2) is 48.5 Å². The monoisotopic (exact) mass is 333 g/mol. The molecular weight excluding hydrogens is 323 g/mol. The molecule has 0 aliphatic rings. The maximum Gasteiger partial charge on any atom is 0.126 e. The van der Waals surface area contributed by atoms with E-state index in [0.717, 1.165) is 11.1 Å². The minimum atomic E-state index is -0.973. The van der Waals surface area contributed by atoms with E-state index in [1.807, 2.05) is 48.5 Å². The van der Waals surface area contributed by atoms with Gasteiger partial charge in [0.15, 0.2) is 0 Å². The van der Waals surface area contributed by atoms with Crippen LogP contribution in [0.2, 0.25) is 10.0 Å². The van der Waals surface area contributed by atoms with E-state index >= 15 is 0 Å². The highest BCUT2D eigenvalue weighted by Crippen LogP contribution is 2.44. The fourth-order valence-corrected chi connectivity index (χ4v) is 2.97. The molecule has 0 heterocycles. The van der Waals surface area contributed by atoms with Crippen molar-refractivity contribution in [2.45, 2.75) is 17.2 Å². The lowest BCUT2D eigenvalue weighted by Crippen LogP contribution is -2.21. The number of hydrogen-bond acceptors (Lipinski definition) is 0. The number of rotatable bonds is 3. The summed E-state index contributed by atoms with van der Waals surface area (Å²) in [6.07, 6.45) is 0. The van der Waals surface area contributed by atoms with Gasteiger partial charge in [-0.2, -0.15) is 0 Å². The Morgan fingerprint density at radius 3 is 2.00 bits per heavy atom. The third-order valence-electron chi connectivity index (χ3n) is 2.93. The smallest absolute Gasteiger partial charge is 0.101 e. The quantitative estimate of drug-likeness (QED) is 0.455. The zero-order valence-corrected chi connectivity index (χ0v) is 13.2. The lowest BCUT2D eigenvalue weighted by molar-refractivity contribution is 0.727. The van der Waals surface area contributed by atoms with E-state index in [9.17, 15) is 0 Å². The summed E-state index contributed by atoms with van der Waals surface area (Å²) in [6.45, 7) is 1.76. The lowest BCUT2D eigenvalue weighted by atomic mass is 9.90. The van der Waals surface area contributed by atoms with Gasteiger partial charge in [0.25, 0.3) is 0 Å². The normalized spacial score (nSPS) is 13.3. The van der Waals surface area contributed by atoms with E-state index < -0.39 is 4.33 Å². The van der Waals surface area contributed by atoms with Gasteiger partial charge in [-0.15, -0.1) is 23.2 Å². The highest BCUT2D eigenvalue weighted by atomic mass is 35.5. The number of hydrogen-bond donors (Lipinski definition) is 0. The van der Waals surface area contributed by atoms with Gasteiger partial charge in [-0.25, -0.2) is 0 Å². The fraction of sp³-hybridized carbons (Fsp3) is 0.200. The number of halogens is 4. The van der Waals surface area contributed by atoms with Crippen molar-refractivity contribution in [3.05, 3.63) is 69.7 Å². The average molecular weight is 335 g/mol. The van der Waals surface area contributed by atoms with Crippen LogP contribution < -0.4 is 0 Å². The van der Waals surface area contributed by atoms with Crippen molar-refractivity contribution in [2.24, 2.45) is 0 Å². The molecule has 0 spiro atoms. The summed E-state index contributed by atoms with van der Waals surface area (Å²) >= 11 is 24.9. The van der Waals surface area contributed by atoms with Crippen molar-refractivity contribution < 1.29 is 0 Å². The van der Waals surface area contributed by atoms with Crippen molar-refractivity contribution in [3.8, 4) is 0 Å². The molecular formula is C15H12Cl4. The molecule has 1 unspecified atom stereocenters. The Kier molecular flexibility index (Phi) is 4.68. The molecule has 2 aromatic rings. The molecule has 0 aliphatic heterocycles. The zero-order valence-electron chi connectivity index (χ0n) is 10.2. The maximum absolute atomic E-state index is 6.35. The van der Waals surface area contributed by atoms with Crippen LogP contribution in [-0.2, 0) is 0 Å². The van der Waals surface area contributed by atoms with Gasteiger partial charge in [0.05, 0.1) is 0 Å². The molecule has 0 saturated heterocycles. The van der Waals surface area contributed by atoms with Gasteiger partial charge in [-0.05, 0) is 36.2 Å². The summed E-state index contributed by atoms with van der Waals surface area (Å²) in [4.78, 5) is 0. The van der Waals surface area contributed by atoms with Crippen molar-refractivity contribution in [1.29, 1.82) is 0 Å². The first-order valence-electron chi connectivity index (χ1n) is 5.77. The Bertz CT molecular complexity index is 555. The first kappa shape index (κ1) is 15.0. The Morgan fingerprint density at radius 2 is 1.47 bits per heavy atom. The van der Waals surface area contributed by atoms with Crippen LogP contribution in [0.5, 0.6) is 0 Å². The Hall–Kier alpha value is -0.400. The van der Waals surface area contributed by atoms with E-state index in [1.54, 1.807) is 6.92 Å². The third kappa shape index (κ3) is 3.58. The van der Waals surface area contributed by atoms with Crippen LogP contribution in [0.3, 0.4) is 0 Å². The predicted molar refractivity (Wildman–Crippen MR) is 84.9 cm³/mol. The Balaban J connectivity index is 2.55. The molecule has 100 valence electrons. The van der Waals surface area contributed by atoms with Crippen LogP contribution >= 0.6 is 46.4 Å². The van der Waals surface area contributed by atoms with Gasteiger partial charge < -0.3 is 0 Å². The van der Waals surface area contributed by atoms with Crippen molar-refractivity contribution >= 4 is 46.4 Å². The van der Waals surface area contributed by atoms with E-state index in [-0.39, 0.29) is 5.92 Å². The average Bonchev–Trinajstić information content (AvgIpc) is 2.33. The summed E-state index contributed by atoms with van der Waals surface area (Å²) in [5.74, 6) is -0.221. The van der Waals surface area contributed by atoms with Crippen LogP contribution in [-0.4, -0.2) is 4.33 Å². The van der Waals surface area contributed by atoms with Crippen molar-refractivity contribution in [1.82, 2.24) is 0 Å². The topological polar surface area (TPSA) is 0 Å². The standard InChI is InChI=1S/C15H12Cl4/c1-15(18,19)14(10-6-8-11(16)9-7-10)12-4-2-3-5-13(12)17/h2-9,14H,1H3/i1+1. The van der Waals surface area contributed by atoms with E-state index in [1.165, 1.54) is 0 Å². The molecule has 0 aliphatic carbocycles. The van der Waals surface area contributed by atoms with Crippen molar-refractivity contribution in [2.75, 3.05) is 0 Å². The van der Waals surface area contributed by atoms with Gasteiger partial charge in [0.1, 0.15) is 4.33 Å². The second-order valence-electron chi connectivity index (χ2n) is 4.46. The highest BCUT2D eigenvalue weighted by molar-refractivity contribution is 6.49. The number of benzene rings is 2. The van der Waals surface area contributed by atoms with Gasteiger partial charge in [-0.1, -0.05) is 53.5 Å². The Morgan fingerprint density at radius 1 is 0.895 bits per heavy atom. The molecule has 0 radical (unpaired) electrons. The number of alkyl halides is 2. The summed E-state index contributed by atoms with van der Waals surface area (Å²) < 4.78 is -0.973. The van der Waals surface area contributed by atoms with Crippen LogP contribution in [0.25, 0.3) is 0 Å². The predicted octanol–water partition coefficient (Wildman–Crippen LogP) is 6.32. The first-order valence-corrected chi connectivity index (χ1v) is 7.28. The summed E-state index contributed by atoms with van der Waals surface area (Å²) in [6, 6.07) is 15.0. The SMILES string of the molecule is [13CH3]C(Cl)(Cl)C(c1ccc(Cl)cc1)c1ccccc1Cl. The summed E-state index contributed by atoms with van der Waals surface area (Å²) in [5.41, 5.74) is 1.88. The first-order chi connectivity index (χ1) is 8.89. The molecule has 0 fully saturated rings. The molecule has 1 atom stereocenters. The van der Waals surface area contributed by atoms with Gasteiger partial charge in [-0.3, -0.25) is 0 Å². The van der Waals surface area contributed by atoms with E-state index in [4.69, 9.17) is 46.4 Å². The molecule has 2 rings (SSSR count). The molecule has 0 N–H and O–H groups in total. The van der Waals surface area contributed by atoms with Crippen LogP contribution in [0.1, 0.15) is 24.0 Å². The molecule has 2 aromatic carbocycles.